The number of sulfone groups is 1. The van der Waals surface area contributed by atoms with E-state index >= 15 is 0 Å². The highest BCUT2D eigenvalue weighted by molar-refractivity contribution is 9.10. The number of hydrogen-bond donors (Lipinski definition) is 4. The van der Waals surface area contributed by atoms with Crippen molar-refractivity contribution in [3.8, 4) is 5.75 Å². The van der Waals surface area contributed by atoms with Crippen LogP contribution in [0.15, 0.2) is 51.8 Å². The molecule has 42 heavy (non-hydrogen) atoms. The summed E-state index contributed by atoms with van der Waals surface area (Å²) in [5.74, 6) is -5.04. The molecule has 5 unspecified atom stereocenters. The molecular formula is C30H37BrO10S. The Bertz CT molecular complexity index is 1480. The van der Waals surface area contributed by atoms with Crippen molar-refractivity contribution in [2.75, 3.05) is 5.75 Å². The number of hydrogen-bond acceptors (Lipinski definition) is 9. The molecule has 0 aromatic heterocycles. The number of halogens is 1. The third-order valence-corrected chi connectivity index (χ3v) is 12.2. The number of ether oxygens (including phenoxy) is 3. The molecule has 4 N–H and O–H groups in total. The quantitative estimate of drug-likeness (QED) is 0.326. The van der Waals surface area contributed by atoms with Crippen molar-refractivity contribution >= 4 is 31.7 Å². The predicted octanol–water partition coefficient (Wildman–Crippen LogP) is 3.73. The number of carboxylic acids is 1. The average molecular weight is 670 g/mol. The van der Waals surface area contributed by atoms with E-state index in [0.29, 0.717) is 22.9 Å². The van der Waals surface area contributed by atoms with Crippen LogP contribution in [0, 0.1) is 5.41 Å². The van der Waals surface area contributed by atoms with Crippen molar-refractivity contribution in [3.63, 3.8) is 0 Å². The second-order valence-electron chi connectivity index (χ2n) is 12.0. The highest BCUT2D eigenvalue weighted by Crippen LogP contribution is 2.59. The van der Waals surface area contributed by atoms with Crippen LogP contribution in [0.3, 0.4) is 0 Å². The molecule has 0 radical (unpaired) electrons. The molecule has 12 heteroatoms. The minimum Gasteiger partial charge on any atom is -0.477 e. The van der Waals surface area contributed by atoms with Gasteiger partial charge in [0.25, 0.3) is 0 Å². The third kappa shape index (κ3) is 4.36. The second-order valence-corrected chi connectivity index (χ2v) is 14.8. The summed E-state index contributed by atoms with van der Waals surface area (Å²) in [7, 11) is -3.98. The first-order valence-corrected chi connectivity index (χ1v) is 16.5. The van der Waals surface area contributed by atoms with E-state index in [4.69, 9.17) is 14.2 Å². The van der Waals surface area contributed by atoms with Gasteiger partial charge in [0.2, 0.25) is 6.29 Å². The van der Waals surface area contributed by atoms with Crippen LogP contribution in [-0.4, -0.2) is 76.1 Å². The molecule has 230 valence electrons. The summed E-state index contributed by atoms with van der Waals surface area (Å²) in [4.78, 5) is 12.0. The van der Waals surface area contributed by atoms with Crippen LogP contribution < -0.4 is 4.74 Å². The fraction of sp³-hybridized carbons (Fsp3) is 0.567. The van der Waals surface area contributed by atoms with Crippen molar-refractivity contribution in [2.45, 2.75) is 99.7 Å². The maximum Gasteiger partial charge on any atom is 0.367 e. The van der Waals surface area contributed by atoms with E-state index in [2.05, 4.69) is 15.9 Å². The number of unbranched alkanes of at least 4 members (excludes halogenated alkanes) is 1. The minimum atomic E-state index is -3.98. The van der Waals surface area contributed by atoms with E-state index in [1.807, 2.05) is 44.2 Å². The standard InChI is InChI=1S/C30H37BrO10S/c1-5-7-13-29(6-2)16-42(37,38)21-15-20(19(31)14-18(21)22(23(29)32)17-11-9-8-10-12-17)39-25-24(33)27(3)28(4,36)30(40-25,41-27)26(34)35/h8-12,14-15,22-25,32-33,36H,5-7,13,16H2,1-4H3,(H,34,35)/t22-,23-,24?,25?,27?,28?,29-,30?/m1/s1. The SMILES string of the molecule is CCCC[C@]1(CC)CS(=O)(=O)c2cc(OC3OC4(C(=O)O)OC(C)(C3O)C4(C)O)c(Br)cc2[C@@H](c2ccccc2)[C@H]1O. The number of carbonyl (C=O) groups is 1. The van der Waals surface area contributed by atoms with Crippen molar-refractivity contribution in [1.29, 1.82) is 0 Å². The summed E-state index contributed by atoms with van der Waals surface area (Å²) in [5, 5.41) is 43.7. The van der Waals surface area contributed by atoms with E-state index in [9.17, 15) is 33.6 Å². The number of benzene rings is 2. The Morgan fingerprint density at radius 2 is 1.79 bits per heavy atom. The van der Waals surface area contributed by atoms with Crippen LogP contribution in [0.5, 0.6) is 5.75 Å². The van der Waals surface area contributed by atoms with Gasteiger partial charge in [0, 0.05) is 17.4 Å². The minimum absolute atomic E-state index is 0.0229. The number of aliphatic hydroxyl groups is 3. The zero-order valence-electron chi connectivity index (χ0n) is 23.9. The molecular weight excluding hydrogens is 632 g/mol. The highest BCUT2D eigenvalue weighted by Gasteiger charge is 2.84. The summed E-state index contributed by atoms with van der Waals surface area (Å²) >= 11 is 3.46. The molecule has 0 spiro atoms. The van der Waals surface area contributed by atoms with Crippen molar-refractivity contribution in [2.24, 2.45) is 5.41 Å². The number of fused-ring (bicyclic) bond motifs is 3. The van der Waals surface area contributed by atoms with Crippen LogP contribution in [0.1, 0.15) is 70.4 Å². The van der Waals surface area contributed by atoms with Gasteiger partial charge >= 0.3 is 11.8 Å². The Balaban J connectivity index is 1.62. The molecule has 0 saturated carbocycles. The van der Waals surface area contributed by atoms with Crippen molar-refractivity contribution in [3.05, 3.63) is 58.1 Å². The monoisotopic (exact) mass is 668 g/mol. The summed E-state index contributed by atoms with van der Waals surface area (Å²) in [6, 6.07) is 12.2. The van der Waals surface area contributed by atoms with Gasteiger partial charge in [-0.15, -0.1) is 0 Å². The van der Waals surface area contributed by atoms with Gasteiger partial charge in [-0.25, -0.2) is 13.2 Å². The van der Waals surface area contributed by atoms with Gasteiger partial charge in [-0.05, 0) is 59.8 Å². The maximum atomic E-state index is 14.1. The van der Waals surface area contributed by atoms with E-state index in [1.165, 1.54) is 19.9 Å². The van der Waals surface area contributed by atoms with Gasteiger partial charge < -0.3 is 29.9 Å². The van der Waals surface area contributed by atoms with Crippen LogP contribution in [0.4, 0.5) is 0 Å². The lowest BCUT2D eigenvalue weighted by molar-refractivity contribution is -0.537. The highest BCUT2D eigenvalue weighted by atomic mass is 79.9. The summed E-state index contributed by atoms with van der Waals surface area (Å²) in [5.41, 5.74) is -3.56. The largest absolute Gasteiger partial charge is 0.477 e. The normalized spacial score (nSPS) is 38.6. The molecule has 4 heterocycles. The van der Waals surface area contributed by atoms with Gasteiger partial charge in [0.05, 0.1) is 21.2 Å². The third-order valence-electron chi connectivity index (χ3n) is 9.64. The lowest BCUT2D eigenvalue weighted by Gasteiger charge is -2.67. The van der Waals surface area contributed by atoms with E-state index in [-0.39, 0.29) is 16.4 Å². The van der Waals surface area contributed by atoms with Gasteiger partial charge in [0.15, 0.2) is 15.4 Å². The summed E-state index contributed by atoms with van der Waals surface area (Å²) in [6.07, 6.45) is -1.67. The molecule has 4 aliphatic rings. The number of aliphatic hydroxyl groups excluding tert-OH is 2. The molecule has 0 amide bonds. The Morgan fingerprint density at radius 1 is 1.12 bits per heavy atom. The smallest absolute Gasteiger partial charge is 0.367 e. The molecule has 8 atom stereocenters. The summed E-state index contributed by atoms with van der Waals surface area (Å²) in [6.45, 7) is 6.47. The van der Waals surface area contributed by atoms with Gasteiger partial charge in [-0.3, -0.25) is 4.74 Å². The summed E-state index contributed by atoms with van der Waals surface area (Å²) < 4.78 is 45.4. The predicted molar refractivity (Wildman–Crippen MR) is 155 cm³/mol. The molecule has 10 nitrogen and oxygen atoms in total. The Morgan fingerprint density at radius 3 is 2.36 bits per heavy atom. The first kappa shape index (κ1) is 31.4. The number of carboxylic acid groups (broad SMARTS) is 1. The van der Waals surface area contributed by atoms with Crippen molar-refractivity contribution in [1.82, 2.24) is 0 Å². The first-order chi connectivity index (χ1) is 19.6. The molecule has 0 aliphatic carbocycles. The Kier molecular flexibility index (Phi) is 7.87. The van der Waals surface area contributed by atoms with Gasteiger partial charge in [-0.1, -0.05) is 57.0 Å². The lowest BCUT2D eigenvalue weighted by atomic mass is 9.66. The molecule has 2 aromatic rings. The molecule has 6 rings (SSSR count). The molecule has 2 bridgehead atoms. The molecule has 3 fully saturated rings. The second kappa shape index (κ2) is 10.5. The van der Waals surface area contributed by atoms with Crippen LogP contribution in [0.25, 0.3) is 0 Å². The van der Waals surface area contributed by atoms with Crippen molar-refractivity contribution < 1.29 is 47.8 Å². The van der Waals surface area contributed by atoms with E-state index < -0.39 is 62.6 Å². The fourth-order valence-electron chi connectivity index (χ4n) is 6.75. The van der Waals surface area contributed by atoms with Crippen LogP contribution >= 0.6 is 15.9 Å². The molecule has 4 aliphatic heterocycles. The first-order valence-electron chi connectivity index (χ1n) is 14.1. The number of aliphatic carboxylic acids is 1. The van der Waals surface area contributed by atoms with Gasteiger partial charge in [0.1, 0.15) is 17.5 Å². The Labute approximate surface area is 253 Å². The van der Waals surface area contributed by atoms with Crippen LogP contribution in [-0.2, 0) is 24.1 Å². The molecule has 3 saturated heterocycles. The maximum absolute atomic E-state index is 14.1. The fourth-order valence-corrected chi connectivity index (χ4v) is 9.46. The Hall–Kier alpha value is -2.06. The molecule has 2 aromatic carbocycles. The van der Waals surface area contributed by atoms with Gasteiger partial charge in [-0.2, -0.15) is 0 Å². The average Bonchev–Trinajstić information content (AvgIpc) is 3.00. The zero-order chi connectivity index (χ0) is 30.9. The van der Waals surface area contributed by atoms with E-state index in [1.54, 1.807) is 6.07 Å². The topological polar surface area (TPSA) is 160 Å². The lowest BCUT2D eigenvalue weighted by Crippen LogP contribution is -2.91. The van der Waals surface area contributed by atoms with E-state index in [0.717, 1.165) is 18.4 Å². The van der Waals surface area contributed by atoms with Crippen LogP contribution in [0.2, 0.25) is 0 Å². The number of rotatable bonds is 8. The zero-order valence-corrected chi connectivity index (χ0v) is 26.3.